The molecule has 1 fully saturated rings. The molecule has 1 unspecified atom stereocenters. The fraction of sp³-hybridized carbons (Fsp3) is 0.917. The molecule has 2 N–H and O–H groups in total. The molecule has 0 amide bonds. The van der Waals surface area contributed by atoms with Gasteiger partial charge in [-0.3, -0.25) is 4.99 Å². The molecule has 1 saturated heterocycles. The lowest BCUT2D eigenvalue weighted by Crippen LogP contribution is -2.38. The third kappa shape index (κ3) is 4.64. The molecule has 0 saturated carbocycles. The number of nitrogens with one attached hydrogen (secondary N) is 2. The third-order valence-electron chi connectivity index (χ3n) is 2.76. The molecule has 1 atom stereocenters. The van der Waals surface area contributed by atoms with E-state index in [0.29, 0.717) is 4.75 Å². The number of nitrogens with zero attached hydrogens (tertiary/aromatic N) is 1. The maximum Gasteiger partial charge on any atom is 0.191 e. The molecule has 1 aliphatic rings. The predicted octanol–water partition coefficient (Wildman–Crippen LogP) is 2.24. The fourth-order valence-electron chi connectivity index (χ4n) is 1.79. The normalized spacial score (nSPS) is 25.8. The molecule has 0 aliphatic carbocycles. The van der Waals surface area contributed by atoms with Crippen molar-refractivity contribution in [3.63, 3.8) is 0 Å². The van der Waals surface area contributed by atoms with Crippen molar-refractivity contribution >= 4 is 17.7 Å². The Hall–Kier alpha value is -0.380. The van der Waals surface area contributed by atoms with E-state index in [0.717, 1.165) is 32.0 Å². The van der Waals surface area contributed by atoms with Gasteiger partial charge in [0.05, 0.1) is 6.54 Å². The topological polar surface area (TPSA) is 36.4 Å². The smallest absolute Gasteiger partial charge is 0.191 e. The van der Waals surface area contributed by atoms with E-state index in [-0.39, 0.29) is 0 Å². The van der Waals surface area contributed by atoms with E-state index >= 15 is 0 Å². The summed E-state index contributed by atoms with van der Waals surface area (Å²) in [5.41, 5.74) is 0. The SMILES string of the molecule is CCCNC(=NCC1(C)CCCS1)NCC. The molecule has 0 radical (unpaired) electrons. The monoisotopic (exact) mass is 243 g/mol. The molecular weight excluding hydrogens is 218 g/mol. The van der Waals surface area contributed by atoms with Crippen molar-refractivity contribution in [3.05, 3.63) is 0 Å². The Bertz CT molecular complexity index is 222. The van der Waals surface area contributed by atoms with E-state index in [9.17, 15) is 0 Å². The van der Waals surface area contributed by atoms with Crippen LogP contribution in [0.15, 0.2) is 4.99 Å². The van der Waals surface area contributed by atoms with Gasteiger partial charge in [0.1, 0.15) is 0 Å². The molecule has 0 spiro atoms. The summed E-state index contributed by atoms with van der Waals surface area (Å²) >= 11 is 2.07. The second-order valence-corrected chi connectivity index (χ2v) is 6.21. The zero-order valence-electron chi connectivity index (χ0n) is 10.8. The van der Waals surface area contributed by atoms with E-state index < -0.39 is 0 Å². The Morgan fingerprint density at radius 3 is 2.75 bits per heavy atom. The van der Waals surface area contributed by atoms with E-state index in [1.165, 1.54) is 18.6 Å². The van der Waals surface area contributed by atoms with Crippen LogP contribution in [0.25, 0.3) is 0 Å². The van der Waals surface area contributed by atoms with Crippen molar-refractivity contribution < 1.29 is 0 Å². The minimum absolute atomic E-state index is 0.370. The molecule has 0 aromatic carbocycles. The summed E-state index contributed by atoms with van der Waals surface area (Å²) < 4.78 is 0.370. The van der Waals surface area contributed by atoms with Gasteiger partial charge in [0.2, 0.25) is 0 Å². The first kappa shape index (κ1) is 13.7. The fourth-order valence-corrected chi connectivity index (χ4v) is 3.02. The van der Waals surface area contributed by atoms with Crippen molar-refractivity contribution in [2.24, 2.45) is 4.99 Å². The lowest BCUT2D eigenvalue weighted by molar-refractivity contribution is 0.614. The Kier molecular flexibility index (Phi) is 6.03. The first-order valence-electron chi connectivity index (χ1n) is 6.36. The molecular formula is C12H25N3S. The minimum atomic E-state index is 0.370. The maximum absolute atomic E-state index is 4.68. The zero-order chi connectivity index (χ0) is 11.9. The van der Waals surface area contributed by atoms with Crippen molar-refractivity contribution in [2.75, 3.05) is 25.4 Å². The standard InChI is InChI=1S/C12H25N3S/c1-4-8-14-11(13-5-2)15-10-12(3)7-6-9-16-12/h4-10H2,1-3H3,(H2,13,14,15). The van der Waals surface area contributed by atoms with Gasteiger partial charge in [-0.25, -0.2) is 0 Å². The summed E-state index contributed by atoms with van der Waals surface area (Å²) in [7, 11) is 0. The molecule has 1 aliphatic heterocycles. The van der Waals surface area contributed by atoms with Gasteiger partial charge in [-0.2, -0.15) is 11.8 Å². The Morgan fingerprint density at radius 1 is 1.38 bits per heavy atom. The summed E-state index contributed by atoms with van der Waals surface area (Å²) in [6, 6.07) is 0. The van der Waals surface area contributed by atoms with Gasteiger partial charge in [0.15, 0.2) is 5.96 Å². The van der Waals surface area contributed by atoms with Gasteiger partial charge in [0, 0.05) is 17.8 Å². The molecule has 94 valence electrons. The molecule has 3 nitrogen and oxygen atoms in total. The minimum Gasteiger partial charge on any atom is -0.357 e. The van der Waals surface area contributed by atoms with Crippen molar-refractivity contribution in [1.29, 1.82) is 0 Å². The largest absolute Gasteiger partial charge is 0.357 e. The lowest BCUT2D eigenvalue weighted by atomic mass is 10.1. The molecule has 4 heteroatoms. The molecule has 1 rings (SSSR count). The summed E-state index contributed by atoms with van der Waals surface area (Å²) in [4.78, 5) is 4.68. The maximum atomic E-state index is 4.68. The number of thioether (sulfide) groups is 1. The van der Waals surface area contributed by atoms with E-state index in [4.69, 9.17) is 0 Å². The van der Waals surface area contributed by atoms with Crippen LogP contribution in [0.2, 0.25) is 0 Å². The van der Waals surface area contributed by atoms with Crippen molar-refractivity contribution in [1.82, 2.24) is 10.6 Å². The highest BCUT2D eigenvalue weighted by Gasteiger charge is 2.29. The highest BCUT2D eigenvalue weighted by molar-refractivity contribution is 8.00. The zero-order valence-corrected chi connectivity index (χ0v) is 11.6. The first-order valence-corrected chi connectivity index (χ1v) is 7.35. The van der Waals surface area contributed by atoms with Crippen molar-refractivity contribution in [3.8, 4) is 0 Å². The Morgan fingerprint density at radius 2 is 2.19 bits per heavy atom. The van der Waals surface area contributed by atoms with Crippen LogP contribution in [0.5, 0.6) is 0 Å². The van der Waals surface area contributed by atoms with Gasteiger partial charge in [0.25, 0.3) is 0 Å². The van der Waals surface area contributed by atoms with Crippen LogP contribution in [-0.2, 0) is 0 Å². The molecule has 0 bridgehead atoms. The highest BCUT2D eigenvalue weighted by Crippen LogP contribution is 2.37. The summed E-state index contributed by atoms with van der Waals surface area (Å²) in [6.45, 7) is 9.46. The van der Waals surface area contributed by atoms with Crippen LogP contribution in [0.1, 0.15) is 40.0 Å². The van der Waals surface area contributed by atoms with Crippen LogP contribution >= 0.6 is 11.8 Å². The second kappa shape index (κ2) is 7.05. The van der Waals surface area contributed by atoms with E-state index in [2.05, 4.69) is 48.2 Å². The van der Waals surface area contributed by atoms with E-state index in [1.807, 2.05) is 0 Å². The van der Waals surface area contributed by atoms with Crippen LogP contribution in [0.4, 0.5) is 0 Å². The van der Waals surface area contributed by atoms with Gasteiger partial charge in [-0.15, -0.1) is 0 Å². The Labute approximate surface area is 104 Å². The van der Waals surface area contributed by atoms with Crippen LogP contribution in [-0.4, -0.2) is 36.1 Å². The lowest BCUT2D eigenvalue weighted by Gasteiger charge is -2.20. The van der Waals surface area contributed by atoms with Gasteiger partial charge in [-0.1, -0.05) is 6.92 Å². The van der Waals surface area contributed by atoms with Gasteiger partial charge in [-0.05, 0) is 38.9 Å². The number of rotatable bonds is 5. The quantitative estimate of drug-likeness (QED) is 0.574. The molecule has 0 aromatic rings. The average Bonchev–Trinajstić information content (AvgIpc) is 2.70. The summed E-state index contributed by atoms with van der Waals surface area (Å²) in [5, 5.41) is 6.63. The number of hydrogen-bond acceptors (Lipinski definition) is 2. The second-order valence-electron chi connectivity index (χ2n) is 4.52. The Balaban J connectivity index is 2.42. The van der Waals surface area contributed by atoms with Crippen LogP contribution < -0.4 is 10.6 Å². The van der Waals surface area contributed by atoms with Gasteiger partial charge < -0.3 is 10.6 Å². The predicted molar refractivity (Wildman–Crippen MR) is 74.4 cm³/mol. The summed E-state index contributed by atoms with van der Waals surface area (Å²) in [6.07, 6.45) is 3.78. The highest BCUT2D eigenvalue weighted by atomic mass is 32.2. The number of aliphatic imine (C=N–C) groups is 1. The van der Waals surface area contributed by atoms with Gasteiger partial charge >= 0.3 is 0 Å². The first-order chi connectivity index (χ1) is 7.70. The molecule has 16 heavy (non-hydrogen) atoms. The molecule has 0 aromatic heterocycles. The summed E-state index contributed by atoms with van der Waals surface area (Å²) in [5.74, 6) is 2.27. The van der Waals surface area contributed by atoms with Crippen molar-refractivity contribution in [2.45, 2.75) is 44.8 Å². The van der Waals surface area contributed by atoms with E-state index in [1.54, 1.807) is 0 Å². The number of hydrogen-bond donors (Lipinski definition) is 2. The average molecular weight is 243 g/mol. The van der Waals surface area contributed by atoms with Crippen LogP contribution in [0.3, 0.4) is 0 Å². The number of guanidine groups is 1. The third-order valence-corrected chi connectivity index (χ3v) is 4.28. The van der Waals surface area contributed by atoms with Crippen LogP contribution in [0, 0.1) is 0 Å². The molecule has 1 heterocycles.